The average Bonchev–Trinajstić information content (AvgIpc) is 3.40. The Morgan fingerprint density at radius 2 is 2.03 bits per heavy atom. The molecule has 1 amide bonds. The van der Waals surface area contributed by atoms with Crippen molar-refractivity contribution in [1.29, 1.82) is 0 Å². The van der Waals surface area contributed by atoms with E-state index >= 15 is 0 Å². The molecule has 2 aromatic carbocycles. The van der Waals surface area contributed by atoms with Gasteiger partial charge in [-0.05, 0) is 49.2 Å². The van der Waals surface area contributed by atoms with Crippen molar-refractivity contribution in [2.24, 2.45) is 0 Å². The van der Waals surface area contributed by atoms with Gasteiger partial charge in [-0.25, -0.2) is 4.98 Å². The molecule has 30 heavy (non-hydrogen) atoms. The number of anilines is 1. The molecule has 3 aromatic rings. The molecule has 1 aliphatic rings. The van der Waals surface area contributed by atoms with E-state index in [1.165, 1.54) is 28.4 Å². The molecule has 1 aliphatic heterocycles. The molecule has 1 atom stereocenters. The highest BCUT2D eigenvalue weighted by Crippen LogP contribution is 2.35. The minimum absolute atomic E-state index is 0.141. The largest absolute Gasteiger partial charge is 0.494 e. The minimum atomic E-state index is -4.46. The number of nitrogens with zero attached hydrogens (tertiary/aromatic N) is 2. The van der Waals surface area contributed by atoms with E-state index in [0.29, 0.717) is 23.0 Å². The molecule has 0 spiro atoms. The van der Waals surface area contributed by atoms with Gasteiger partial charge in [0.2, 0.25) is 0 Å². The van der Waals surface area contributed by atoms with Crippen LogP contribution in [0.1, 0.15) is 28.8 Å². The normalized spacial score (nSPS) is 16.7. The van der Waals surface area contributed by atoms with E-state index in [1.807, 2.05) is 12.1 Å². The Morgan fingerprint density at radius 3 is 2.67 bits per heavy atom. The van der Waals surface area contributed by atoms with Crippen LogP contribution in [0.25, 0.3) is 10.2 Å². The number of alkyl halides is 3. The third-order valence-corrected chi connectivity index (χ3v) is 5.98. The number of hydrogen-bond acceptors (Lipinski definition) is 5. The van der Waals surface area contributed by atoms with E-state index in [4.69, 9.17) is 9.47 Å². The Balaban J connectivity index is 1.70. The molecule has 1 aromatic heterocycles. The minimum Gasteiger partial charge on any atom is -0.494 e. The molecule has 9 heteroatoms. The number of fused-ring (bicyclic) bond motifs is 1. The zero-order valence-electron chi connectivity index (χ0n) is 16.1. The smallest absolute Gasteiger partial charge is 0.416 e. The standard InChI is InChI=1S/C21H19F3N2O3S/c1-28-16-5-2-6-17-18(16)25-20(30-17)26(12-15-4-3-11-29-15)19(27)13-7-9-14(10-8-13)21(22,23)24/h2,5-10,15H,3-4,11-12H2,1H3. The molecule has 0 aliphatic carbocycles. The number of carbonyl (C=O) groups excluding carboxylic acids is 1. The molecular weight excluding hydrogens is 417 g/mol. The summed E-state index contributed by atoms with van der Waals surface area (Å²) in [7, 11) is 1.55. The van der Waals surface area contributed by atoms with Gasteiger partial charge in [-0.15, -0.1) is 0 Å². The number of thiazole rings is 1. The van der Waals surface area contributed by atoms with Crippen LogP contribution in [-0.2, 0) is 10.9 Å². The number of halogens is 3. The summed E-state index contributed by atoms with van der Waals surface area (Å²) in [6.45, 7) is 0.905. The molecule has 158 valence electrons. The lowest BCUT2D eigenvalue weighted by Gasteiger charge is -2.23. The highest BCUT2D eigenvalue weighted by molar-refractivity contribution is 7.22. The van der Waals surface area contributed by atoms with Gasteiger partial charge in [0.1, 0.15) is 11.3 Å². The van der Waals surface area contributed by atoms with Crippen molar-refractivity contribution in [1.82, 2.24) is 4.98 Å². The summed E-state index contributed by atoms with van der Waals surface area (Å²) in [5.41, 5.74) is -0.000715. The van der Waals surface area contributed by atoms with Gasteiger partial charge in [0, 0.05) is 12.2 Å². The van der Waals surface area contributed by atoms with Crippen LogP contribution in [0.3, 0.4) is 0 Å². The van der Waals surface area contributed by atoms with Crippen LogP contribution in [0.15, 0.2) is 42.5 Å². The Kier molecular flexibility index (Phi) is 5.66. The molecule has 5 nitrogen and oxygen atoms in total. The quantitative estimate of drug-likeness (QED) is 0.555. The average molecular weight is 436 g/mol. The van der Waals surface area contributed by atoms with Crippen molar-refractivity contribution in [3.05, 3.63) is 53.6 Å². The zero-order chi connectivity index (χ0) is 21.3. The lowest BCUT2D eigenvalue weighted by molar-refractivity contribution is -0.137. The van der Waals surface area contributed by atoms with Gasteiger partial charge >= 0.3 is 6.18 Å². The SMILES string of the molecule is COc1cccc2sc(N(CC3CCCO3)C(=O)c3ccc(C(F)(F)F)cc3)nc12. The van der Waals surface area contributed by atoms with Gasteiger partial charge in [-0.3, -0.25) is 9.69 Å². The molecule has 1 unspecified atom stereocenters. The van der Waals surface area contributed by atoms with E-state index in [0.717, 1.165) is 29.7 Å². The Labute approximate surface area is 175 Å². The maximum atomic E-state index is 13.2. The third-order valence-electron chi connectivity index (χ3n) is 4.94. The van der Waals surface area contributed by atoms with Gasteiger partial charge in [0.05, 0.1) is 30.0 Å². The first-order chi connectivity index (χ1) is 14.4. The van der Waals surface area contributed by atoms with Gasteiger partial charge < -0.3 is 9.47 Å². The molecule has 2 heterocycles. The van der Waals surface area contributed by atoms with Crippen molar-refractivity contribution in [2.75, 3.05) is 25.2 Å². The first kappa shape index (κ1) is 20.6. The summed E-state index contributed by atoms with van der Waals surface area (Å²) in [5, 5.41) is 0.454. The summed E-state index contributed by atoms with van der Waals surface area (Å²) in [5.74, 6) is 0.172. The fraction of sp³-hybridized carbons (Fsp3) is 0.333. The number of hydrogen-bond donors (Lipinski definition) is 0. The van der Waals surface area contributed by atoms with Crippen LogP contribution in [0.4, 0.5) is 18.3 Å². The van der Waals surface area contributed by atoms with Gasteiger partial charge in [0.25, 0.3) is 5.91 Å². The first-order valence-electron chi connectivity index (χ1n) is 9.41. The second kappa shape index (κ2) is 8.23. The number of aromatic nitrogens is 1. The summed E-state index contributed by atoms with van der Waals surface area (Å²) >= 11 is 1.33. The number of para-hydroxylation sites is 1. The van der Waals surface area contributed by atoms with Gasteiger partial charge in [0.15, 0.2) is 5.13 Å². The number of carbonyl (C=O) groups is 1. The maximum Gasteiger partial charge on any atom is 0.416 e. The fourth-order valence-electron chi connectivity index (χ4n) is 3.39. The molecule has 0 saturated carbocycles. The van der Waals surface area contributed by atoms with Crippen LogP contribution >= 0.6 is 11.3 Å². The third kappa shape index (κ3) is 4.13. The lowest BCUT2D eigenvalue weighted by atomic mass is 10.1. The number of methoxy groups -OCH3 is 1. The van der Waals surface area contributed by atoms with E-state index < -0.39 is 17.6 Å². The highest BCUT2D eigenvalue weighted by Gasteiger charge is 2.31. The summed E-state index contributed by atoms with van der Waals surface area (Å²) < 4.78 is 50.5. The van der Waals surface area contributed by atoms with Crippen LogP contribution in [0, 0.1) is 0 Å². The molecule has 0 bridgehead atoms. The number of amides is 1. The lowest BCUT2D eigenvalue weighted by Crippen LogP contribution is -2.37. The van der Waals surface area contributed by atoms with E-state index in [9.17, 15) is 18.0 Å². The van der Waals surface area contributed by atoms with Gasteiger partial charge in [-0.2, -0.15) is 13.2 Å². The Hall–Kier alpha value is -2.65. The fourth-order valence-corrected chi connectivity index (χ4v) is 4.38. The van der Waals surface area contributed by atoms with Crippen molar-refractivity contribution >= 4 is 32.6 Å². The molecule has 4 rings (SSSR count). The molecular formula is C21H19F3N2O3S. The van der Waals surface area contributed by atoms with Crippen LogP contribution in [-0.4, -0.2) is 37.3 Å². The van der Waals surface area contributed by atoms with Crippen molar-refractivity contribution in [3.63, 3.8) is 0 Å². The molecule has 1 saturated heterocycles. The second-order valence-corrected chi connectivity index (χ2v) is 7.94. The van der Waals surface area contributed by atoms with Crippen molar-refractivity contribution < 1.29 is 27.4 Å². The van der Waals surface area contributed by atoms with Crippen LogP contribution < -0.4 is 9.64 Å². The predicted molar refractivity (Wildman–Crippen MR) is 108 cm³/mol. The molecule has 1 fully saturated rings. The number of ether oxygens (including phenoxy) is 2. The number of rotatable bonds is 5. The Morgan fingerprint density at radius 1 is 1.27 bits per heavy atom. The molecule has 0 radical (unpaired) electrons. The summed E-state index contributed by atoms with van der Waals surface area (Å²) in [6.07, 6.45) is -2.88. The number of benzene rings is 2. The predicted octanol–water partition coefficient (Wildman–Crippen LogP) is 5.15. The molecule has 0 N–H and O–H groups in total. The first-order valence-corrected chi connectivity index (χ1v) is 10.2. The summed E-state index contributed by atoms with van der Waals surface area (Å²) in [4.78, 5) is 19.3. The second-order valence-electron chi connectivity index (χ2n) is 6.93. The maximum absolute atomic E-state index is 13.2. The van der Waals surface area contributed by atoms with E-state index in [2.05, 4.69) is 4.98 Å². The zero-order valence-corrected chi connectivity index (χ0v) is 16.9. The van der Waals surface area contributed by atoms with Crippen molar-refractivity contribution in [3.8, 4) is 5.75 Å². The summed E-state index contributed by atoms with van der Waals surface area (Å²) in [6, 6.07) is 9.73. The highest BCUT2D eigenvalue weighted by atomic mass is 32.1. The van der Waals surface area contributed by atoms with Crippen molar-refractivity contribution in [2.45, 2.75) is 25.1 Å². The Bertz CT molecular complexity index is 1040. The topological polar surface area (TPSA) is 51.7 Å². The van der Waals surface area contributed by atoms with E-state index in [-0.39, 0.29) is 18.2 Å². The van der Waals surface area contributed by atoms with Crippen LogP contribution in [0.2, 0.25) is 0 Å². The van der Waals surface area contributed by atoms with Gasteiger partial charge in [-0.1, -0.05) is 17.4 Å². The monoisotopic (exact) mass is 436 g/mol. The van der Waals surface area contributed by atoms with Crippen LogP contribution in [0.5, 0.6) is 5.75 Å². The van der Waals surface area contributed by atoms with E-state index in [1.54, 1.807) is 13.2 Å².